The first-order chi connectivity index (χ1) is 12.2. The van der Waals surface area contributed by atoms with E-state index in [2.05, 4.69) is 0 Å². The summed E-state index contributed by atoms with van der Waals surface area (Å²) in [5, 5.41) is 19.7. The van der Waals surface area contributed by atoms with Gasteiger partial charge in [-0.05, 0) is 23.8 Å². The lowest BCUT2D eigenvalue weighted by molar-refractivity contribution is -0.385. The van der Waals surface area contributed by atoms with Gasteiger partial charge in [-0.3, -0.25) is 14.9 Å². The molecule has 0 aliphatic rings. The fraction of sp³-hybridized carbons (Fsp3) is 0.188. The van der Waals surface area contributed by atoms with Crippen LogP contribution in [0.25, 0.3) is 0 Å². The van der Waals surface area contributed by atoms with Crippen molar-refractivity contribution in [1.82, 2.24) is 4.31 Å². The lowest BCUT2D eigenvalue weighted by Gasteiger charge is -2.21. The summed E-state index contributed by atoms with van der Waals surface area (Å²) in [5.74, 6) is -1.68. The van der Waals surface area contributed by atoms with E-state index in [1.54, 1.807) is 0 Å². The van der Waals surface area contributed by atoms with Gasteiger partial charge in [0.25, 0.3) is 5.69 Å². The predicted octanol–water partition coefficient (Wildman–Crippen LogP) is 2.40. The van der Waals surface area contributed by atoms with Gasteiger partial charge in [0, 0.05) is 25.2 Å². The summed E-state index contributed by atoms with van der Waals surface area (Å²) in [6.07, 6.45) is -0.449. The summed E-state index contributed by atoms with van der Waals surface area (Å²) < 4.78 is 39.6. The van der Waals surface area contributed by atoms with Gasteiger partial charge in [-0.15, -0.1) is 0 Å². The Morgan fingerprint density at radius 2 is 1.85 bits per heavy atom. The molecule has 0 spiro atoms. The maximum Gasteiger partial charge on any atom is 0.304 e. The minimum atomic E-state index is -4.19. The third-order valence-corrected chi connectivity index (χ3v) is 5.35. The molecule has 2 aromatic carbocycles. The number of hydrogen-bond donors (Lipinski definition) is 1. The van der Waals surface area contributed by atoms with Gasteiger partial charge in [-0.1, -0.05) is 18.2 Å². The van der Waals surface area contributed by atoms with Crippen LogP contribution in [-0.2, 0) is 21.4 Å². The standard InChI is InChI=1S/C16H15FN2O6S/c17-13-6-4-12(5-7-13)11-18(9-8-16(20)21)26(24,25)15-3-1-2-14(10-15)19(22)23/h1-7,10H,8-9,11H2,(H,20,21). The van der Waals surface area contributed by atoms with E-state index in [4.69, 9.17) is 5.11 Å². The Bertz CT molecular complexity index is 915. The first-order valence-electron chi connectivity index (χ1n) is 7.41. The van der Waals surface area contributed by atoms with Crippen LogP contribution in [0.15, 0.2) is 53.4 Å². The van der Waals surface area contributed by atoms with Gasteiger partial charge in [-0.25, -0.2) is 12.8 Å². The normalized spacial score (nSPS) is 11.5. The molecule has 2 aromatic rings. The summed E-state index contributed by atoms with van der Waals surface area (Å²) in [5.41, 5.74) is 0.0526. The maximum absolute atomic E-state index is 13.0. The quantitative estimate of drug-likeness (QED) is 0.553. The zero-order chi connectivity index (χ0) is 19.3. The number of sulfonamides is 1. The number of halogens is 1. The smallest absolute Gasteiger partial charge is 0.304 e. The first kappa shape index (κ1) is 19.5. The molecule has 8 nitrogen and oxygen atoms in total. The van der Waals surface area contributed by atoms with Crippen molar-refractivity contribution in [3.8, 4) is 0 Å². The van der Waals surface area contributed by atoms with Crippen molar-refractivity contribution < 1.29 is 27.6 Å². The molecule has 0 aliphatic carbocycles. The highest BCUT2D eigenvalue weighted by atomic mass is 32.2. The molecule has 0 heterocycles. The molecule has 0 saturated heterocycles. The molecule has 10 heteroatoms. The van der Waals surface area contributed by atoms with Gasteiger partial charge in [-0.2, -0.15) is 4.31 Å². The molecule has 2 rings (SSSR count). The van der Waals surface area contributed by atoms with Crippen LogP contribution >= 0.6 is 0 Å². The Labute approximate surface area is 148 Å². The highest BCUT2D eigenvalue weighted by Crippen LogP contribution is 2.23. The maximum atomic E-state index is 13.0. The molecule has 0 radical (unpaired) electrons. The Morgan fingerprint density at radius 1 is 1.19 bits per heavy atom. The number of nitrogens with zero attached hydrogens (tertiary/aromatic N) is 2. The van der Waals surface area contributed by atoms with E-state index in [9.17, 15) is 27.7 Å². The number of carboxylic acids is 1. The first-order valence-corrected chi connectivity index (χ1v) is 8.85. The highest BCUT2D eigenvalue weighted by molar-refractivity contribution is 7.89. The van der Waals surface area contributed by atoms with E-state index in [0.717, 1.165) is 28.6 Å². The van der Waals surface area contributed by atoms with Crippen LogP contribution in [0.3, 0.4) is 0 Å². The van der Waals surface area contributed by atoms with Crippen molar-refractivity contribution in [2.45, 2.75) is 17.9 Å². The van der Waals surface area contributed by atoms with Gasteiger partial charge in [0.15, 0.2) is 0 Å². The van der Waals surface area contributed by atoms with E-state index in [1.165, 1.54) is 24.3 Å². The number of benzene rings is 2. The average Bonchev–Trinajstić information content (AvgIpc) is 2.60. The Balaban J connectivity index is 2.38. The summed E-state index contributed by atoms with van der Waals surface area (Å²) in [7, 11) is -4.19. The Hall–Kier alpha value is -2.85. The van der Waals surface area contributed by atoms with Gasteiger partial charge in [0.2, 0.25) is 10.0 Å². The average molecular weight is 382 g/mol. The van der Waals surface area contributed by atoms with Crippen molar-refractivity contribution in [2.75, 3.05) is 6.54 Å². The third kappa shape index (κ3) is 4.83. The predicted molar refractivity (Wildman–Crippen MR) is 89.3 cm³/mol. The minimum Gasteiger partial charge on any atom is -0.481 e. The van der Waals surface area contributed by atoms with Crippen LogP contribution in [0.4, 0.5) is 10.1 Å². The second-order valence-corrected chi connectivity index (χ2v) is 7.30. The van der Waals surface area contributed by atoms with E-state index < -0.39 is 38.8 Å². The molecule has 0 atom stereocenters. The third-order valence-electron chi connectivity index (χ3n) is 3.51. The Kier molecular flexibility index (Phi) is 6.01. The summed E-state index contributed by atoms with van der Waals surface area (Å²) in [6, 6.07) is 9.57. The highest BCUT2D eigenvalue weighted by Gasteiger charge is 2.26. The van der Waals surface area contributed by atoms with E-state index in [1.807, 2.05) is 0 Å². The summed E-state index contributed by atoms with van der Waals surface area (Å²) in [6.45, 7) is -0.531. The van der Waals surface area contributed by atoms with Crippen molar-refractivity contribution in [2.24, 2.45) is 0 Å². The molecule has 0 fully saturated rings. The van der Waals surface area contributed by atoms with Gasteiger partial charge in [0.1, 0.15) is 5.82 Å². The number of nitro benzene ring substituents is 1. The van der Waals surface area contributed by atoms with Gasteiger partial charge in [0.05, 0.1) is 16.2 Å². The molecule has 26 heavy (non-hydrogen) atoms. The molecule has 0 saturated carbocycles. The lowest BCUT2D eigenvalue weighted by Crippen LogP contribution is -2.32. The number of carboxylic acid groups (broad SMARTS) is 1. The second kappa shape index (κ2) is 8.02. The van der Waals surface area contributed by atoms with E-state index in [-0.39, 0.29) is 18.0 Å². The molecule has 1 N–H and O–H groups in total. The fourth-order valence-electron chi connectivity index (χ4n) is 2.20. The van der Waals surface area contributed by atoms with Crippen LogP contribution in [0.5, 0.6) is 0 Å². The fourth-order valence-corrected chi connectivity index (χ4v) is 3.67. The SMILES string of the molecule is O=C(O)CCN(Cc1ccc(F)cc1)S(=O)(=O)c1cccc([N+](=O)[O-])c1. The topological polar surface area (TPSA) is 118 Å². The molecular formula is C16H15FN2O6S. The molecule has 0 aromatic heterocycles. The number of nitro groups is 1. The van der Waals surface area contributed by atoms with Gasteiger partial charge < -0.3 is 5.11 Å². The monoisotopic (exact) mass is 382 g/mol. The zero-order valence-corrected chi connectivity index (χ0v) is 14.2. The molecule has 0 amide bonds. The minimum absolute atomic E-state index is 0.196. The van der Waals surface area contributed by atoms with Crippen LogP contribution in [-0.4, -0.2) is 35.3 Å². The number of non-ortho nitro benzene ring substituents is 1. The van der Waals surface area contributed by atoms with Crippen LogP contribution < -0.4 is 0 Å². The van der Waals surface area contributed by atoms with Crippen LogP contribution in [0.1, 0.15) is 12.0 Å². The number of rotatable bonds is 8. The van der Waals surface area contributed by atoms with Crippen molar-refractivity contribution >= 4 is 21.7 Å². The van der Waals surface area contributed by atoms with Crippen LogP contribution in [0, 0.1) is 15.9 Å². The van der Waals surface area contributed by atoms with Gasteiger partial charge >= 0.3 is 5.97 Å². The second-order valence-electron chi connectivity index (χ2n) is 5.36. The molecular weight excluding hydrogens is 367 g/mol. The Morgan fingerprint density at radius 3 is 2.42 bits per heavy atom. The van der Waals surface area contributed by atoms with Crippen molar-refractivity contribution in [1.29, 1.82) is 0 Å². The molecule has 0 aliphatic heterocycles. The summed E-state index contributed by atoms with van der Waals surface area (Å²) >= 11 is 0. The number of hydrogen-bond acceptors (Lipinski definition) is 5. The van der Waals surface area contributed by atoms with Crippen LogP contribution in [0.2, 0.25) is 0 Å². The van der Waals surface area contributed by atoms with Crippen molar-refractivity contribution in [3.63, 3.8) is 0 Å². The zero-order valence-electron chi connectivity index (χ0n) is 13.4. The molecule has 0 unspecified atom stereocenters. The largest absolute Gasteiger partial charge is 0.481 e. The molecule has 0 bridgehead atoms. The number of aliphatic carboxylic acids is 1. The lowest BCUT2D eigenvalue weighted by atomic mass is 10.2. The van der Waals surface area contributed by atoms with Crippen molar-refractivity contribution in [3.05, 3.63) is 70.0 Å². The summed E-state index contributed by atoms with van der Waals surface area (Å²) in [4.78, 5) is 20.7. The van der Waals surface area contributed by atoms with E-state index >= 15 is 0 Å². The number of carbonyl (C=O) groups is 1. The molecule has 138 valence electrons. The van der Waals surface area contributed by atoms with E-state index in [0.29, 0.717) is 5.56 Å².